The fourth-order valence-corrected chi connectivity index (χ4v) is 3.61. The van der Waals surface area contributed by atoms with Crippen LogP contribution in [0.25, 0.3) is 33.3 Å². The number of hydrogen-bond donors (Lipinski definition) is 0. The molecule has 0 radical (unpaired) electrons. The highest BCUT2D eigenvalue weighted by atomic mass is 16.3. The highest BCUT2D eigenvalue weighted by molar-refractivity contribution is 6.08. The minimum absolute atomic E-state index is 0.00521. The summed E-state index contributed by atoms with van der Waals surface area (Å²) >= 11 is 0. The molecule has 29 heavy (non-hydrogen) atoms. The first-order valence-corrected chi connectivity index (χ1v) is 9.22. The van der Waals surface area contributed by atoms with E-state index in [4.69, 9.17) is 22.2 Å². The standard InChI is InChI=1S/C26H31N2O/c1-15(2)12-19-9-11-21-20-10-8-17(5)24(25(20)29-26(21)27-19)23-13-22(16(3)4)18(6)14-28(23)7/h8-11,13-16H,12H2,1-7H3/q+1/i1D3,3D3,6D3,12D2,15D,16D. The van der Waals surface area contributed by atoms with E-state index in [1.165, 1.54) is 29.0 Å². The molecule has 3 heteroatoms. The van der Waals surface area contributed by atoms with Gasteiger partial charge in [0.2, 0.25) is 11.4 Å². The first-order chi connectivity index (χ1) is 18.8. The van der Waals surface area contributed by atoms with Crippen LogP contribution >= 0.6 is 0 Å². The zero-order valence-electron chi connectivity index (χ0n) is 29.8. The number of hydrogen-bond acceptors (Lipinski definition) is 2. The van der Waals surface area contributed by atoms with Crippen molar-refractivity contribution >= 4 is 22.1 Å². The van der Waals surface area contributed by atoms with E-state index < -0.39 is 38.7 Å². The van der Waals surface area contributed by atoms with E-state index in [-0.39, 0.29) is 22.5 Å². The van der Waals surface area contributed by atoms with E-state index >= 15 is 0 Å². The number of aryl methyl sites for hydroxylation is 3. The Bertz CT molecular complexity index is 1690. The number of nitrogens with zero attached hydrogens (tertiary/aromatic N) is 2. The Hall–Kier alpha value is -2.68. The molecule has 0 spiro atoms. The first kappa shape index (κ1) is 9.42. The van der Waals surface area contributed by atoms with E-state index in [1.54, 1.807) is 26.1 Å². The van der Waals surface area contributed by atoms with Crippen molar-refractivity contribution in [2.75, 3.05) is 0 Å². The Kier molecular flexibility index (Phi) is 2.37. The fourth-order valence-electron chi connectivity index (χ4n) is 3.61. The van der Waals surface area contributed by atoms with Crippen molar-refractivity contribution in [2.24, 2.45) is 12.9 Å². The van der Waals surface area contributed by atoms with E-state index in [1.807, 2.05) is 0 Å². The zero-order valence-corrected chi connectivity index (χ0v) is 16.8. The van der Waals surface area contributed by atoms with Crippen molar-refractivity contribution in [3.8, 4) is 11.3 Å². The minimum atomic E-state index is -2.94. The third-order valence-corrected chi connectivity index (χ3v) is 4.96. The van der Waals surface area contributed by atoms with Crippen molar-refractivity contribution in [3.63, 3.8) is 0 Å². The van der Waals surface area contributed by atoms with Gasteiger partial charge >= 0.3 is 0 Å². The van der Waals surface area contributed by atoms with Gasteiger partial charge in [-0.1, -0.05) is 39.7 Å². The molecular weight excluding hydrogens is 356 g/mol. The molecule has 3 aromatic heterocycles. The molecule has 0 bridgehead atoms. The lowest BCUT2D eigenvalue weighted by molar-refractivity contribution is -0.660. The van der Waals surface area contributed by atoms with Crippen LogP contribution < -0.4 is 4.57 Å². The molecule has 0 aliphatic carbocycles. The lowest BCUT2D eigenvalue weighted by Gasteiger charge is -2.12. The Labute approximate surface area is 191 Å². The van der Waals surface area contributed by atoms with Gasteiger partial charge in [0.1, 0.15) is 7.05 Å². The van der Waals surface area contributed by atoms with E-state index in [0.29, 0.717) is 33.2 Å². The lowest BCUT2D eigenvalue weighted by Crippen LogP contribution is -2.32. The van der Waals surface area contributed by atoms with Crippen molar-refractivity contribution in [1.29, 1.82) is 0 Å². The second-order valence-corrected chi connectivity index (χ2v) is 7.26. The van der Waals surface area contributed by atoms with Crippen LogP contribution in [0.4, 0.5) is 0 Å². The van der Waals surface area contributed by atoms with E-state index in [0.717, 1.165) is 13.8 Å². The molecule has 0 aliphatic rings. The predicted molar refractivity (Wildman–Crippen MR) is 120 cm³/mol. The molecule has 1 aromatic carbocycles. The lowest BCUT2D eigenvalue weighted by atomic mass is 9.94. The second-order valence-electron chi connectivity index (χ2n) is 7.26. The van der Waals surface area contributed by atoms with Crippen LogP contribution in [-0.4, -0.2) is 4.98 Å². The number of fused-ring (bicyclic) bond motifs is 3. The van der Waals surface area contributed by atoms with Gasteiger partial charge < -0.3 is 4.42 Å². The molecule has 0 amide bonds. The largest absolute Gasteiger partial charge is 0.437 e. The van der Waals surface area contributed by atoms with Gasteiger partial charge in [-0.15, -0.1) is 0 Å². The summed E-state index contributed by atoms with van der Waals surface area (Å²) in [6.07, 6.45) is -1.38. The SMILES string of the molecule is [2H]C([2H])([2H])c1c[n+](C)c(-c2c(C)ccc3c2oc2nc(C([2H])([2H])C([2H])(C)C([2H])([2H])[2H])ccc23)cc1C([2H])(C)C([2H])([2H])[2H]. The van der Waals surface area contributed by atoms with Gasteiger partial charge in [-0.3, -0.25) is 0 Å². The van der Waals surface area contributed by atoms with Crippen LogP contribution in [0.3, 0.4) is 0 Å². The molecule has 0 saturated carbocycles. The maximum absolute atomic E-state index is 8.70. The molecule has 2 atom stereocenters. The predicted octanol–water partition coefficient (Wildman–Crippen LogP) is 6.41. The van der Waals surface area contributed by atoms with Crippen LogP contribution in [0.2, 0.25) is 0 Å². The highest BCUT2D eigenvalue weighted by Gasteiger charge is 2.23. The summed E-state index contributed by atoms with van der Waals surface area (Å²) in [6, 6.07) is 7.79. The minimum Gasteiger partial charge on any atom is -0.437 e. The van der Waals surface area contributed by atoms with Crippen molar-refractivity contribution in [2.45, 2.75) is 53.6 Å². The van der Waals surface area contributed by atoms with Crippen LogP contribution in [0.5, 0.6) is 0 Å². The van der Waals surface area contributed by atoms with Crippen LogP contribution in [0.1, 0.15) is 73.6 Å². The molecule has 3 nitrogen and oxygen atoms in total. The Morgan fingerprint density at radius 3 is 2.76 bits per heavy atom. The molecule has 0 N–H and O–H groups in total. The summed E-state index contributed by atoms with van der Waals surface area (Å²) in [6.45, 7) is -4.55. The second kappa shape index (κ2) is 7.29. The molecule has 3 heterocycles. The molecular formula is C26H31N2O+. The maximum atomic E-state index is 8.70. The van der Waals surface area contributed by atoms with Gasteiger partial charge in [0.05, 0.1) is 5.56 Å². The molecule has 150 valence electrons. The van der Waals surface area contributed by atoms with Crippen LogP contribution in [0.15, 0.2) is 40.9 Å². The van der Waals surface area contributed by atoms with E-state index in [9.17, 15) is 0 Å². The smallest absolute Gasteiger partial charge is 0.227 e. The number of aromatic nitrogens is 2. The van der Waals surface area contributed by atoms with Gasteiger partial charge in [-0.25, -0.2) is 9.55 Å². The monoisotopic (exact) mass is 400 g/mol. The Balaban J connectivity index is 2.03. The van der Waals surface area contributed by atoms with Crippen molar-refractivity contribution < 1.29 is 26.8 Å². The molecule has 0 aliphatic heterocycles. The fraction of sp³-hybridized carbons (Fsp3) is 0.385. The van der Waals surface area contributed by atoms with Gasteiger partial charge in [0.15, 0.2) is 11.8 Å². The number of rotatable bonds is 4. The first-order valence-electron chi connectivity index (χ1n) is 15.7. The Morgan fingerprint density at radius 1 is 1.17 bits per heavy atom. The molecule has 2 unspecified atom stereocenters. The van der Waals surface area contributed by atoms with Crippen LogP contribution in [-0.2, 0) is 13.4 Å². The molecule has 0 saturated heterocycles. The third-order valence-electron chi connectivity index (χ3n) is 4.96. The van der Waals surface area contributed by atoms with Crippen molar-refractivity contribution in [3.05, 3.63) is 58.9 Å². The van der Waals surface area contributed by atoms with Gasteiger partial charge in [-0.2, -0.15) is 0 Å². The topological polar surface area (TPSA) is 29.9 Å². The number of benzene rings is 1. The summed E-state index contributed by atoms with van der Waals surface area (Å²) in [5, 5.41) is 1.06. The highest BCUT2D eigenvalue weighted by Crippen LogP contribution is 2.37. The maximum Gasteiger partial charge on any atom is 0.227 e. The number of pyridine rings is 2. The van der Waals surface area contributed by atoms with Gasteiger partial charge in [0, 0.05) is 45.9 Å². The zero-order chi connectivity index (χ0) is 32.0. The van der Waals surface area contributed by atoms with E-state index in [2.05, 4.69) is 4.98 Å². The van der Waals surface area contributed by atoms with Crippen LogP contribution in [0, 0.1) is 19.7 Å². The van der Waals surface area contributed by atoms with Gasteiger partial charge in [0.25, 0.3) is 0 Å². The average molecular weight is 401 g/mol. The summed E-state index contributed by atoms with van der Waals surface area (Å²) in [4.78, 5) is 4.29. The third kappa shape index (κ3) is 3.43. The molecule has 4 aromatic rings. The molecule has 4 rings (SSSR count). The summed E-state index contributed by atoms with van der Waals surface area (Å²) in [7, 11) is 1.60. The quantitative estimate of drug-likeness (QED) is 0.370. The van der Waals surface area contributed by atoms with Crippen molar-refractivity contribution in [1.82, 2.24) is 4.98 Å². The number of furan rings is 1. The average Bonchev–Trinajstić information content (AvgIpc) is 3.19. The molecule has 0 fully saturated rings. The summed E-state index contributed by atoms with van der Waals surface area (Å²) in [5.74, 6) is -4.78. The Morgan fingerprint density at radius 2 is 2.00 bits per heavy atom. The normalized spacial score (nSPS) is 24.5. The summed E-state index contributed by atoms with van der Waals surface area (Å²) < 4.78 is 113. The van der Waals surface area contributed by atoms with Gasteiger partial charge in [-0.05, 0) is 55.2 Å². The summed E-state index contributed by atoms with van der Waals surface area (Å²) in [5.41, 5.74) is 1.08.